The maximum absolute atomic E-state index is 13.0. The largest absolute Gasteiger partial charge is 0.496 e. The molecule has 5 nitrogen and oxygen atoms in total. The molecule has 0 aliphatic carbocycles. The second kappa shape index (κ2) is 8.21. The van der Waals surface area contributed by atoms with Crippen LogP contribution in [-0.2, 0) is 13.0 Å². The summed E-state index contributed by atoms with van der Waals surface area (Å²) in [4.78, 5) is 16.3. The van der Waals surface area contributed by atoms with Crippen LogP contribution in [0.5, 0.6) is 17.2 Å². The molecule has 158 valence electrons. The molecule has 0 unspecified atom stereocenters. The van der Waals surface area contributed by atoms with Gasteiger partial charge in [0.2, 0.25) is 5.78 Å². The molecule has 0 radical (unpaired) electrons. The topological polar surface area (TPSA) is 48.0 Å². The van der Waals surface area contributed by atoms with Crippen LogP contribution in [0, 0.1) is 6.92 Å². The van der Waals surface area contributed by atoms with E-state index >= 15 is 0 Å². The number of benzene rings is 2. The fourth-order valence-corrected chi connectivity index (χ4v) is 4.76. The molecule has 1 aromatic heterocycles. The van der Waals surface area contributed by atoms with Gasteiger partial charge >= 0.3 is 0 Å². The molecular weight excluding hydrogens is 410 g/mol. The van der Waals surface area contributed by atoms with Crippen molar-refractivity contribution in [3.8, 4) is 17.2 Å². The van der Waals surface area contributed by atoms with E-state index in [2.05, 4.69) is 11.0 Å². The Balaban J connectivity index is 1.39. The van der Waals surface area contributed by atoms with Gasteiger partial charge in [0.15, 0.2) is 5.76 Å². The predicted molar refractivity (Wildman–Crippen MR) is 121 cm³/mol. The summed E-state index contributed by atoms with van der Waals surface area (Å²) < 4.78 is 17.6. The summed E-state index contributed by atoms with van der Waals surface area (Å²) in [5, 5.41) is 1.99. The van der Waals surface area contributed by atoms with Crippen molar-refractivity contribution in [2.24, 2.45) is 0 Å². The Labute approximate surface area is 185 Å². The molecule has 0 atom stereocenters. The molecule has 3 heterocycles. The molecule has 0 N–H and O–H groups in total. The number of fused-ring (bicyclic) bond motifs is 3. The SMILES string of the molecule is COc1ccccc1CCN1COc2cc(C)c3c(c2C1)O/C(=C\c1cccs1)C3=O. The second-order valence-corrected chi connectivity index (χ2v) is 8.70. The molecule has 31 heavy (non-hydrogen) atoms. The lowest BCUT2D eigenvalue weighted by atomic mass is 9.98. The highest BCUT2D eigenvalue weighted by molar-refractivity contribution is 7.10. The number of aryl methyl sites for hydroxylation is 1. The molecule has 6 heteroatoms. The molecule has 0 spiro atoms. The van der Waals surface area contributed by atoms with Gasteiger partial charge in [-0.1, -0.05) is 24.3 Å². The van der Waals surface area contributed by atoms with Crippen molar-refractivity contribution in [2.75, 3.05) is 20.4 Å². The van der Waals surface area contributed by atoms with Gasteiger partial charge in [0.05, 0.1) is 18.2 Å². The van der Waals surface area contributed by atoms with Crippen molar-refractivity contribution in [2.45, 2.75) is 19.9 Å². The molecule has 2 aliphatic heterocycles. The minimum absolute atomic E-state index is 0.0603. The standard InChI is InChI=1S/C25H23NO4S/c1-16-12-21-19(25-23(16)24(27)22(30-25)13-18-7-5-11-31-18)14-26(15-29-21)10-9-17-6-3-4-8-20(17)28-2/h3-8,11-13H,9-10,14-15H2,1-2H3/b22-13-. The first-order valence-electron chi connectivity index (χ1n) is 10.3. The van der Waals surface area contributed by atoms with Gasteiger partial charge in [-0.2, -0.15) is 0 Å². The van der Waals surface area contributed by atoms with Crippen molar-refractivity contribution < 1.29 is 19.0 Å². The highest BCUT2D eigenvalue weighted by atomic mass is 32.1. The van der Waals surface area contributed by atoms with E-state index in [4.69, 9.17) is 14.2 Å². The number of methoxy groups -OCH3 is 1. The molecule has 0 saturated carbocycles. The number of para-hydroxylation sites is 1. The van der Waals surface area contributed by atoms with Crippen molar-refractivity contribution in [3.05, 3.63) is 80.7 Å². The van der Waals surface area contributed by atoms with Gasteiger partial charge in [-0.3, -0.25) is 9.69 Å². The minimum atomic E-state index is -0.0603. The molecule has 5 rings (SSSR count). The van der Waals surface area contributed by atoms with Crippen LogP contribution in [0.25, 0.3) is 6.08 Å². The third kappa shape index (κ3) is 3.73. The number of carbonyl (C=O) groups excluding carboxylic acids is 1. The number of nitrogens with zero attached hydrogens (tertiary/aromatic N) is 1. The Morgan fingerprint density at radius 2 is 2.10 bits per heavy atom. The summed E-state index contributed by atoms with van der Waals surface area (Å²) in [6.07, 6.45) is 2.67. The molecule has 0 saturated heterocycles. The van der Waals surface area contributed by atoms with Crippen LogP contribution in [0.15, 0.2) is 53.6 Å². The Morgan fingerprint density at radius 1 is 1.23 bits per heavy atom. The van der Waals surface area contributed by atoms with E-state index < -0.39 is 0 Å². The number of ether oxygens (including phenoxy) is 3. The zero-order valence-electron chi connectivity index (χ0n) is 17.5. The summed E-state index contributed by atoms with van der Waals surface area (Å²) in [5.74, 6) is 2.66. The molecule has 3 aromatic rings. The zero-order valence-corrected chi connectivity index (χ0v) is 18.3. The van der Waals surface area contributed by atoms with E-state index in [1.165, 1.54) is 0 Å². The average molecular weight is 434 g/mol. The van der Waals surface area contributed by atoms with Gasteiger partial charge in [0.25, 0.3) is 0 Å². The highest BCUT2D eigenvalue weighted by Gasteiger charge is 2.35. The summed E-state index contributed by atoms with van der Waals surface area (Å²) in [6, 6.07) is 14.0. The Bertz CT molecular complexity index is 1170. The van der Waals surface area contributed by atoms with Crippen LogP contribution in [0.4, 0.5) is 0 Å². The lowest BCUT2D eigenvalue weighted by molar-refractivity contribution is 0.0947. The molecule has 0 bridgehead atoms. The van der Waals surface area contributed by atoms with Crippen molar-refractivity contribution >= 4 is 23.2 Å². The Hall–Kier alpha value is -3.09. The molecule has 2 aliphatic rings. The minimum Gasteiger partial charge on any atom is -0.496 e. The number of Topliss-reactive ketones (excluding diaryl/α,β-unsaturated/α-hetero) is 1. The first-order valence-corrected chi connectivity index (χ1v) is 11.1. The van der Waals surface area contributed by atoms with Gasteiger partial charge in [-0.15, -0.1) is 11.3 Å². The van der Waals surface area contributed by atoms with Crippen LogP contribution >= 0.6 is 11.3 Å². The number of rotatable bonds is 5. The average Bonchev–Trinajstić information content (AvgIpc) is 3.41. The fraction of sp³-hybridized carbons (Fsp3) is 0.240. The number of hydrogen-bond donors (Lipinski definition) is 0. The van der Waals surface area contributed by atoms with Gasteiger partial charge in [0, 0.05) is 24.0 Å². The first kappa shape index (κ1) is 19.8. The first-order chi connectivity index (χ1) is 15.1. The van der Waals surface area contributed by atoms with E-state index in [0.29, 0.717) is 30.3 Å². The van der Waals surface area contributed by atoms with Crippen LogP contribution in [0.3, 0.4) is 0 Å². The Kier molecular flexibility index (Phi) is 5.26. The summed E-state index contributed by atoms with van der Waals surface area (Å²) >= 11 is 1.58. The van der Waals surface area contributed by atoms with Gasteiger partial charge in [0.1, 0.15) is 24.0 Å². The van der Waals surface area contributed by atoms with Crippen LogP contribution in [0.1, 0.15) is 31.9 Å². The van der Waals surface area contributed by atoms with Gasteiger partial charge < -0.3 is 14.2 Å². The number of carbonyl (C=O) groups is 1. The van der Waals surface area contributed by atoms with Crippen LogP contribution < -0.4 is 14.2 Å². The van der Waals surface area contributed by atoms with E-state index in [1.54, 1.807) is 18.4 Å². The monoisotopic (exact) mass is 433 g/mol. The van der Waals surface area contributed by atoms with E-state index in [9.17, 15) is 4.79 Å². The van der Waals surface area contributed by atoms with E-state index in [0.717, 1.165) is 46.0 Å². The summed E-state index contributed by atoms with van der Waals surface area (Å²) in [6.45, 7) is 3.93. The number of ketones is 1. The van der Waals surface area contributed by atoms with Crippen molar-refractivity contribution in [1.29, 1.82) is 0 Å². The van der Waals surface area contributed by atoms with Crippen LogP contribution in [-0.4, -0.2) is 31.1 Å². The Morgan fingerprint density at radius 3 is 2.90 bits per heavy atom. The number of hydrogen-bond acceptors (Lipinski definition) is 6. The smallest absolute Gasteiger partial charge is 0.232 e. The highest BCUT2D eigenvalue weighted by Crippen LogP contribution is 2.44. The second-order valence-electron chi connectivity index (χ2n) is 7.72. The number of allylic oxidation sites excluding steroid dienone is 1. The zero-order chi connectivity index (χ0) is 21.4. The van der Waals surface area contributed by atoms with Crippen LogP contribution in [0.2, 0.25) is 0 Å². The third-order valence-corrected chi connectivity index (χ3v) is 6.51. The molecule has 0 fully saturated rings. The third-order valence-electron chi connectivity index (χ3n) is 5.69. The lowest BCUT2D eigenvalue weighted by Gasteiger charge is -2.30. The van der Waals surface area contributed by atoms with Gasteiger partial charge in [-0.05, 0) is 48.1 Å². The summed E-state index contributed by atoms with van der Waals surface area (Å²) in [5.41, 5.74) is 3.64. The van der Waals surface area contributed by atoms with E-state index in [-0.39, 0.29) is 5.78 Å². The van der Waals surface area contributed by atoms with Gasteiger partial charge in [-0.25, -0.2) is 0 Å². The molecule has 0 amide bonds. The number of thiophene rings is 1. The molecule has 2 aromatic carbocycles. The maximum Gasteiger partial charge on any atom is 0.232 e. The fourth-order valence-electron chi connectivity index (χ4n) is 4.11. The quantitative estimate of drug-likeness (QED) is 0.526. The normalized spacial score (nSPS) is 16.6. The lowest BCUT2D eigenvalue weighted by Crippen LogP contribution is -2.34. The summed E-state index contributed by atoms with van der Waals surface area (Å²) in [7, 11) is 1.69. The van der Waals surface area contributed by atoms with Crippen molar-refractivity contribution in [3.63, 3.8) is 0 Å². The maximum atomic E-state index is 13.0. The van der Waals surface area contributed by atoms with Crippen molar-refractivity contribution in [1.82, 2.24) is 4.90 Å². The van der Waals surface area contributed by atoms with E-state index in [1.807, 2.05) is 54.8 Å². The molecular formula is C25H23NO4S. The predicted octanol–water partition coefficient (Wildman–Crippen LogP) is 5.08.